The van der Waals surface area contributed by atoms with Crippen LogP contribution in [0.4, 0.5) is 5.69 Å². The molecule has 1 aromatic carbocycles. The first-order valence-electron chi connectivity index (χ1n) is 11.2. The monoisotopic (exact) mass is 415 g/mol. The largest absolute Gasteiger partial charge is 0.490 e. The summed E-state index contributed by atoms with van der Waals surface area (Å²) >= 11 is 0. The average molecular weight is 416 g/mol. The van der Waals surface area contributed by atoms with Crippen molar-refractivity contribution in [3.05, 3.63) is 24.3 Å². The molecule has 2 fully saturated rings. The van der Waals surface area contributed by atoms with Crippen LogP contribution < -0.4 is 9.64 Å². The molecule has 0 atom stereocenters. The van der Waals surface area contributed by atoms with Gasteiger partial charge in [0.2, 0.25) is 11.8 Å². The SMILES string of the molecule is CC(C)N1CCC(Oc2ccc(N3CCN(C(=O)CC(C)(C)C)CC3=O)cc2)CC1. The van der Waals surface area contributed by atoms with Gasteiger partial charge in [-0.05, 0) is 56.4 Å². The molecule has 1 aromatic rings. The third-order valence-electron chi connectivity index (χ3n) is 5.91. The molecule has 0 N–H and O–H groups in total. The molecule has 0 aliphatic carbocycles. The summed E-state index contributed by atoms with van der Waals surface area (Å²) in [6, 6.07) is 8.39. The Hall–Kier alpha value is -2.08. The van der Waals surface area contributed by atoms with E-state index in [0.717, 1.165) is 37.4 Å². The third-order valence-corrected chi connectivity index (χ3v) is 5.91. The second kappa shape index (κ2) is 9.38. The number of benzene rings is 1. The van der Waals surface area contributed by atoms with Crippen molar-refractivity contribution < 1.29 is 14.3 Å². The van der Waals surface area contributed by atoms with Crippen LogP contribution >= 0.6 is 0 Å². The minimum atomic E-state index is -0.0709. The van der Waals surface area contributed by atoms with Crippen molar-refractivity contribution in [2.75, 3.05) is 37.6 Å². The van der Waals surface area contributed by atoms with Gasteiger partial charge in [0.15, 0.2) is 0 Å². The molecule has 166 valence electrons. The van der Waals surface area contributed by atoms with Gasteiger partial charge in [-0.1, -0.05) is 20.8 Å². The van der Waals surface area contributed by atoms with E-state index in [2.05, 4.69) is 18.7 Å². The summed E-state index contributed by atoms with van der Waals surface area (Å²) in [5, 5.41) is 0. The van der Waals surface area contributed by atoms with E-state index in [0.29, 0.717) is 25.6 Å². The Kier molecular flexibility index (Phi) is 7.06. The van der Waals surface area contributed by atoms with Gasteiger partial charge in [-0.25, -0.2) is 0 Å². The zero-order valence-corrected chi connectivity index (χ0v) is 19.2. The number of piperidine rings is 1. The molecule has 0 saturated carbocycles. The highest BCUT2D eigenvalue weighted by molar-refractivity contribution is 5.98. The fourth-order valence-electron chi connectivity index (χ4n) is 4.13. The van der Waals surface area contributed by atoms with Gasteiger partial charge >= 0.3 is 0 Å². The molecule has 2 saturated heterocycles. The normalized spacial score (nSPS) is 19.5. The molecule has 0 unspecified atom stereocenters. The van der Waals surface area contributed by atoms with Crippen LogP contribution in [-0.4, -0.2) is 66.5 Å². The maximum atomic E-state index is 12.7. The minimum absolute atomic E-state index is 0.0294. The summed E-state index contributed by atoms with van der Waals surface area (Å²) < 4.78 is 6.16. The van der Waals surface area contributed by atoms with Crippen molar-refractivity contribution >= 4 is 17.5 Å². The molecule has 0 bridgehead atoms. The molecular weight excluding hydrogens is 378 g/mol. The van der Waals surface area contributed by atoms with E-state index in [1.165, 1.54) is 0 Å². The van der Waals surface area contributed by atoms with E-state index in [1.807, 2.05) is 45.0 Å². The number of nitrogens with zero attached hydrogens (tertiary/aromatic N) is 3. The average Bonchev–Trinajstić information content (AvgIpc) is 2.68. The Morgan fingerprint density at radius 1 is 1.07 bits per heavy atom. The Morgan fingerprint density at radius 2 is 1.70 bits per heavy atom. The lowest BCUT2D eigenvalue weighted by Crippen LogP contribution is -2.52. The van der Waals surface area contributed by atoms with E-state index in [9.17, 15) is 9.59 Å². The molecule has 30 heavy (non-hydrogen) atoms. The number of anilines is 1. The number of hydrogen-bond donors (Lipinski definition) is 0. The highest BCUT2D eigenvalue weighted by atomic mass is 16.5. The Bertz CT molecular complexity index is 731. The van der Waals surface area contributed by atoms with Gasteiger partial charge in [0, 0.05) is 44.3 Å². The van der Waals surface area contributed by atoms with Gasteiger partial charge in [-0.2, -0.15) is 0 Å². The predicted octanol–water partition coefficient (Wildman–Crippen LogP) is 3.55. The van der Waals surface area contributed by atoms with Crippen LogP contribution in [0.5, 0.6) is 5.75 Å². The number of hydrogen-bond acceptors (Lipinski definition) is 4. The fourth-order valence-corrected chi connectivity index (χ4v) is 4.13. The number of amides is 2. The molecule has 2 aliphatic heterocycles. The number of likely N-dealkylation sites (tertiary alicyclic amines) is 1. The maximum absolute atomic E-state index is 12.7. The van der Waals surface area contributed by atoms with Gasteiger partial charge in [0.25, 0.3) is 0 Å². The van der Waals surface area contributed by atoms with Gasteiger partial charge in [0.05, 0.1) is 0 Å². The molecule has 3 rings (SSSR count). The van der Waals surface area contributed by atoms with Crippen LogP contribution in [0, 0.1) is 5.41 Å². The first-order valence-corrected chi connectivity index (χ1v) is 11.2. The van der Waals surface area contributed by atoms with Gasteiger partial charge in [-0.15, -0.1) is 0 Å². The summed E-state index contributed by atoms with van der Waals surface area (Å²) in [6.45, 7) is 14.0. The second-order valence-electron chi connectivity index (χ2n) is 10.0. The number of carbonyl (C=O) groups is 2. The second-order valence-corrected chi connectivity index (χ2v) is 10.0. The van der Waals surface area contributed by atoms with Crippen molar-refractivity contribution in [1.82, 2.24) is 9.80 Å². The topological polar surface area (TPSA) is 53.1 Å². The van der Waals surface area contributed by atoms with Gasteiger partial charge < -0.3 is 19.4 Å². The quantitative estimate of drug-likeness (QED) is 0.738. The lowest BCUT2D eigenvalue weighted by atomic mass is 9.91. The van der Waals surface area contributed by atoms with Crippen molar-refractivity contribution in [2.45, 2.75) is 66.0 Å². The Labute approximate surface area is 181 Å². The maximum Gasteiger partial charge on any atom is 0.246 e. The van der Waals surface area contributed by atoms with Crippen LogP contribution in [0.25, 0.3) is 0 Å². The highest BCUT2D eigenvalue weighted by Crippen LogP contribution is 2.25. The number of carbonyl (C=O) groups excluding carboxylic acids is 2. The highest BCUT2D eigenvalue weighted by Gasteiger charge is 2.30. The van der Waals surface area contributed by atoms with Crippen LogP contribution in [0.1, 0.15) is 53.9 Å². The van der Waals surface area contributed by atoms with Gasteiger partial charge in [0.1, 0.15) is 18.4 Å². The molecule has 0 aromatic heterocycles. The van der Waals surface area contributed by atoms with E-state index in [1.54, 1.807) is 9.80 Å². The smallest absolute Gasteiger partial charge is 0.246 e. The van der Waals surface area contributed by atoms with Crippen LogP contribution in [0.15, 0.2) is 24.3 Å². The first-order chi connectivity index (χ1) is 14.1. The van der Waals surface area contributed by atoms with E-state index in [-0.39, 0.29) is 29.9 Å². The first kappa shape index (κ1) is 22.6. The van der Waals surface area contributed by atoms with E-state index >= 15 is 0 Å². The van der Waals surface area contributed by atoms with Crippen molar-refractivity contribution in [1.29, 1.82) is 0 Å². The minimum Gasteiger partial charge on any atom is -0.490 e. The summed E-state index contributed by atoms with van der Waals surface area (Å²) in [7, 11) is 0. The molecule has 6 heteroatoms. The number of rotatable bonds is 5. The van der Waals surface area contributed by atoms with Crippen molar-refractivity contribution in [3.8, 4) is 5.75 Å². The lowest BCUT2D eigenvalue weighted by molar-refractivity contribution is -0.138. The summed E-state index contributed by atoms with van der Waals surface area (Å²) in [6.07, 6.45) is 2.80. The standard InChI is InChI=1S/C24H37N3O3/c1-18(2)25-12-10-21(11-13-25)30-20-8-6-19(7-9-20)27-15-14-26(17-23(27)29)22(28)16-24(3,4)5/h6-9,18,21H,10-17H2,1-5H3. The summed E-state index contributed by atoms with van der Waals surface area (Å²) in [5.74, 6) is 0.884. The molecule has 0 radical (unpaired) electrons. The molecule has 2 heterocycles. The zero-order valence-electron chi connectivity index (χ0n) is 19.2. The number of ether oxygens (including phenoxy) is 1. The van der Waals surface area contributed by atoms with Crippen molar-refractivity contribution in [3.63, 3.8) is 0 Å². The van der Waals surface area contributed by atoms with E-state index < -0.39 is 0 Å². The summed E-state index contributed by atoms with van der Waals surface area (Å²) in [4.78, 5) is 31.0. The van der Waals surface area contributed by atoms with E-state index in [4.69, 9.17) is 4.74 Å². The Morgan fingerprint density at radius 3 is 2.23 bits per heavy atom. The van der Waals surface area contributed by atoms with Gasteiger partial charge in [-0.3, -0.25) is 9.59 Å². The Balaban J connectivity index is 1.52. The van der Waals surface area contributed by atoms with Crippen LogP contribution in [0.2, 0.25) is 0 Å². The molecule has 0 spiro atoms. The van der Waals surface area contributed by atoms with Crippen molar-refractivity contribution in [2.24, 2.45) is 5.41 Å². The number of piperazine rings is 1. The molecular formula is C24H37N3O3. The summed E-state index contributed by atoms with van der Waals surface area (Å²) in [5.41, 5.74) is 0.795. The molecule has 2 aliphatic rings. The molecule has 2 amide bonds. The lowest BCUT2D eigenvalue weighted by Gasteiger charge is -2.36. The fraction of sp³-hybridized carbons (Fsp3) is 0.667. The third kappa shape index (κ3) is 5.97. The molecule has 6 nitrogen and oxygen atoms in total. The zero-order chi connectivity index (χ0) is 21.9. The predicted molar refractivity (Wildman–Crippen MR) is 120 cm³/mol. The van der Waals surface area contributed by atoms with Crippen LogP contribution in [0.3, 0.4) is 0 Å². The van der Waals surface area contributed by atoms with Crippen LogP contribution in [-0.2, 0) is 9.59 Å².